The molecule has 0 saturated carbocycles. The maximum absolute atomic E-state index is 11.9. The zero-order valence-electron chi connectivity index (χ0n) is 10.2. The Labute approximate surface area is 97.8 Å². The lowest BCUT2D eigenvalue weighted by Crippen LogP contribution is -2.53. The summed E-state index contributed by atoms with van der Waals surface area (Å²) in [6.07, 6.45) is 4.57. The zero-order valence-corrected chi connectivity index (χ0v) is 10.2. The van der Waals surface area contributed by atoms with Crippen molar-refractivity contribution in [3.05, 3.63) is 0 Å². The number of amides is 1. The molecule has 0 aromatic carbocycles. The van der Waals surface area contributed by atoms with E-state index >= 15 is 0 Å². The van der Waals surface area contributed by atoms with Gasteiger partial charge >= 0.3 is 0 Å². The van der Waals surface area contributed by atoms with Crippen LogP contribution in [0, 0.1) is 0 Å². The molecule has 92 valence electrons. The summed E-state index contributed by atoms with van der Waals surface area (Å²) >= 11 is 0. The smallest absolute Gasteiger partial charge is 0.236 e. The molecule has 0 spiro atoms. The molecule has 16 heavy (non-hydrogen) atoms. The molecule has 2 aliphatic rings. The Bertz CT molecular complexity index is 243. The number of likely N-dealkylation sites (tertiary alicyclic amines) is 1. The van der Waals surface area contributed by atoms with Gasteiger partial charge in [0.1, 0.15) is 0 Å². The summed E-state index contributed by atoms with van der Waals surface area (Å²) in [7, 11) is 0. The Morgan fingerprint density at radius 3 is 2.56 bits per heavy atom. The Hall–Kier alpha value is -0.610. The van der Waals surface area contributed by atoms with E-state index in [1.165, 1.54) is 12.8 Å². The molecule has 4 nitrogen and oxygen atoms in total. The Morgan fingerprint density at radius 2 is 1.94 bits per heavy atom. The van der Waals surface area contributed by atoms with Crippen molar-refractivity contribution < 1.29 is 4.79 Å². The molecular weight excluding hydrogens is 202 g/mol. The first-order valence-corrected chi connectivity index (χ1v) is 6.43. The third-order valence-electron chi connectivity index (χ3n) is 3.83. The fraction of sp³-hybridized carbons (Fsp3) is 0.917. The van der Waals surface area contributed by atoms with Crippen LogP contribution in [0.2, 0.25) is 0 Å². The van der Waals surface area contributed by atoms with Crippen LogP contribution in [0.15, 0.2) is 0 Å². The predicted molar refractivity (Wildman–Crippen MR) is 64.3 cm³/mol. The van der Waals surface area contributed by atoms with Gasteiger partial charge in [-0.15, -0.1) is 0 Å². The van der Waals surface area contributed by atoms with Crippen molar-refractivity contribution >= 4 is 5.91 Å². The fourth-order valence-corrected chi connectivity index (χ4v) is 2.52. The number of hydrogen-bond acceptors (Lipinski definition) is 3. The van der Waals surface area contributed by atoms with E-state index in [0.717, 1.165) is 39.0 Å². The van der Waals surface area contributed by atoms with Crippen LogP contribution in [0.25, 0.3) is 0 Å². The largest absolute Gasteiger partial charge is 0.342 e. The lowest BCUT2D eigenvalue weighted by Gasteiger charge is -2.35. The third-order valence-corrected chi connectivity index (χ3v) is 3.83. The summed E-state index contributed by atoms with van der Waals surface area (Å²) in [5.41, 5.74) is 0.153. The standard InChI is InChI=1S/C12H23N3O/c1-12(4-6-13-7-5-12)14-10-11(16)15-8-2-3-9-15/h13-14H,2-10H2,1H3. The number of carbonyl (C=O) groups excluding carboxylic acids is 1. The van der Waals surface area contributed by atoms with Gasteiger partial charge in [-0.3, -0.25) is 4.79 Å². The molecule has 2 rings (SSSR count). The van der Waals surface area contributed by atoms with Gasteiger partial charge in [-0.2, -0.15) is 0 Å². The molecule has 4 heteroatoms. The van der Waals surface area contributed by atoms with E-state index in [2.05, 4.69) is 17.6 Å². The number of nitrogens with one attached hydrogen (secondary N) is 2. The van der Waals surface area contributed by atoms with E-state index in [1.807, 2.05) is 4.90 Å². The van der Waals surface area contributed by atoms with Crippen LogP contribution in [0.1, 0.15) is 32.6 Å². The van der Waals surface area contributed by atoms with Crippen molar-refractivity contribution in [1.29, 1.82) is 0 Å². The molecule has 0 radical (unpaired) electrons. The number of piperidine rings is 1. The van der Waals surface area contributed by atoms with Gasteiger partial charge in [-0.25, -0.2) is 0 Å². The Balaban J connectivity index is 1.75. The first-order valence-electron chi connectivity index (χ1n) is 6.43. The lowest BCUT2D eigenvalue weighted by atomic mass is 9.90. The molecule has 2 N–H and O–H groups in total. The monoisotopic (exact) mass is 225 g/mol. The molecule has 2 saturated heterocycles. The van der Waals surface area contributed by atoms with E-state index in [9.17, 15) is 4.79 Å². The predicted octanol–water partition coefficient (Wildman–Crippen LogP) is 0.341. The molecule has 2 aliphatic heterocycles. The van der Waals surface area contributed by atoms with Crippen molar-refractivity contribution in [2.45, 2.75) is 38.1 Å². The van der Waals surface area contributed by atoms with Gasteiger partial charge in [-0.05, 0) is 45.7 Å². The normalized spacial score (nSPS) is 24.7. The first-order chi connectivity index (χ1) is 7.70. The molecule has 2 heterocycles. The van der Waals surface area contributed by atoms with Gasteiger partial charge in [-0.1, -0.05) is 0 Å². The van der Waals surface area contributed by atoms with Crippen molar-refractivity contribution in [1.82, 2.24) is 15.5 Å². The molecule has 0 bridgehead atoms. The minimum absolute atomic E-state index is 0.153. The topological polar surface area (TPSA) is 44.4 Å². The second-order valence-corrected chi connectivity index (χ2v) is 5.25. The van der Waals surface area contributed by atoms with E-state index in [0.29, 0.717) is 6.54 Å². The van der Waals surface area contributed by atoms with Crippen LogP contribution < -0.4 is 10.6 Å². The van der Waals surface area contributed by atoms with Crippen LogP contribution in [-0.4, -0.2) is 49.1 Å². The van der Waals surface area contributed by atoms with Crippen LogP contribution in [-0.2, 0) is 4.79 Å². The van der Waals surface area contributed by atoms with Gasteiger partial charge in [0.25, 0.3) is 0 Å². The van der Waals surface area contributed by atoms with Crippen molar-refractivity contribution in [3.8, 4) is 0 Å². The summed E-state index contributed by atoms with van der Waals surface area (Å²) in [5.74, 6) is 0.275. The molecule has 1 amide bonds. The molecule has 0 atom stereocenters. The fourth-order valence-electron chi connectivity index (χ4n) is 2.52. The van der Waals surface area contributed by atoms with E-state index in [4.69, 9.17) is 0 Å². The highest BCUT2D eigenvalue weighted by molar-refractivity contribution is 5.78. The molecule has 0 unspecified atom stereocenters. The maximum Gasteiger partial charge on any atom is 0.236 e. The van der Waals surface area contributed by atoms with Gasteiger partial charge < -0.3 is 15.5 Å². The van der Waals surface area contributed by atoms with Gasteiger partial charge in [0.05, 0.1) is 6.54 Å². The minimum atomic E-state index is 0.153. The van der Waals surface area contributed by atoms with Gasteiger partial charge in [0.15, 0.2) is 0 Å². The summed E-state index contributed by atoms with van der Waals surface area (Å²) in [5, 5.41) is 6.79. The summed E-state index contributed by atoms with van der Waals surface area (Å²) in [6, 6.07) is 0. The quantitative estimate of drug-likeness (QED) is 0.728. The van der Waals surface area contributed by atoms with Crippen LogP contribution in [0.3, 0.4) is 0 Å². The lowest BCUT2D eigenvalue weighted by molar-refractivity contribution is -0.129. The van der Waals surface area contributed by atoms with Gasteiger partial charge in [0, 0.05) is 18.6 Å². The molecule has 0 aliphatic carbocycles. The SMILES string of the molecule is CC1(NCC(=O)N2CCCC2)CCNCC1. The van der Waals surface area contributed by atoms with Gasteiger partial charge in [0.2, 0.25) is 5.91 Å². The average Bonchev–Trinajstić information content (AvgIpc) is 2.80. The zero-order chi connectivity index (χ0) is 11.4. The van der Waals surface area contributed by atoms with E-state index in [1.54, 1.807) is 0 Å². The highest BCUT2D eigenvalue weighted by atomic mass is 16.2. The maximum atomic E-state index is 11.9. The van der Waals surface area contributed by atoms with Crippen LogP contribution in [0.4, 0.5) is 0 Å². The Morgan fingerprint density at radius 1 is 1.31 bits per heavy atom. The minimum Gasteiger partial charge on any atom is -0.342 e. The van der Waals surface area contributed by atoms with Crippen molar-refractivity contribution in [2.24, 2.45) is 0 Å². The van der Waals surface area contributed by atoms with E-state index < -0.39 is 0 Å². The second kappa shape index (κ2) is 5.15. The second-order valence-electron chi connectivity index (χ2n) is 5.25. The highest BCUT2D eigenvalue weighted by Crippen LogP contribution is 2.17. The first kappa shape index (κ1) is 11.9. The molecule has 0 aromatic rings. The third kappa shape index (κ3) is 2.95. The Kier molecular flexibility index (Phi) is 3.82. The summed E-state index contributed by atoms with van der Waals surface area (Å²) in [4.78, 5) is 13.9. The number of hydrogen-bond donors (Lipinski definition) is 2. The molecular formula is C12H23N3O. The summed E-state index contributed by atoms with van der Waals surface area (Å²) in [6.45, 7) is 6.77. The number of carbonyl (C=O) groups is 1. The number of nitrogens with zero attached hydrogens (tertiary/aromatic N) is 1. The number of rotatable bonds is 3. The highest BCUT2D eigenvalue weighted by Gasteiger charge is 2.27. The van der Waals surface area contributed by atoms with Crippen molar-refractivity contribution in [3.63, 3.8) is 0 Å². The van der Waals surface area contributed by atoms with E-state index in [-0.39, 0.29) is 11.4 Å². The molecule has 0 aromatic heterocycles. The van der Waals surface area contributed by atoms with Crippen LogP contribution >= 0.6 is 0 Å². The van der Waals surface area contributed by atoms with Crippen molar-refractivity contribution in [2.75, 3.05) is 32.7 Å². The average molecular weight is 225 g/mol. The van der Waals surface area contributed by atoms with Crippen LogP contribution in [0.5, 0.6) is 0 Å². The summed E-state index contributed by atoms with van der Waals surface area (Å²) < 4.78 is 0. The molecule has 2 fully saturated rings.